The fourth-order valence-corrected chi connectivity index (χ4v) is 2.94. The lowest BCUT2D eigenvalue weighted by atomic mass is 10.2. The van der Waals surface area contributed by atoms with Gasteiger partial charge in [0.05, 0.1) is 5.69 Å². The van der Waals surface area contributed by atoms with Gasteiger partial charge in [0.25, 0.3) is 0 Å². The van der Waals surface area contributed by atoms with Gasteiger partial charge in [-0.05, 0) is 61.7 Å². The molecule has 0 spiro atoms. The molecular formula is C14H10Br2F3NO. The van der Waals surface area contributed by atoms with Gasteiger partial charge in [-0.1, -0.05) is 18.2 Å². The van der Waals surface area contributed by atoms with E-state index in [1.54, 1.807) is 12.1 Å². The molecule has 2 rings (SSSR count). The highest BCUT2D eigenvalue weighted by Gasteiger charge is 2.30. The number of ether oxygens (including phenoxy) is 1. The van der Waals surface area contributed by atoms with Gasteiger partial charge in [0.15, 0.2) is 0 Å². The zero-order chi connectivity index (χ0) is 15.5. The second-order valence-corrected chi connectivity index (χ2v) is 5.85. The lowest BCUT2D eigenvalue weighted by molar-refractivity contribution is -0.274. The lowest BCUT2D eigenvalue weighted by Crippen LogP contribution is -2.17. The van der Waals surface area contributed by atoms with Gasteiger partial charge in [0, 0.05) is 15.5 Å². The van der Waals surface area contributed by atoms with E-state index in [9.17, 15) is 13.2 Å². The van der Waals surface area contributed by atoms with Gasteiger partial charge in [0.2, 0.25) is 0 Å². The van der Waals surface area contributed by atoms with E-state index in [4.69, 9.17) is 0 Å². The van der Waals surface area contributed by atoms with E-state index in [2.05, 4.69) is 41.9 Å². The van der Waals surface area contributed by atoms with Crippen LogP contribution in [0.15, 0.2) is 51.4 Å². The summed E-state index contributed by atoms with van der Waals surface area (Å²) in [7, 11) is 0. The Hall–Kier alpha value is -1.21. The number of hydrogen-bond donors (Lipinski definition) is 1. The maximum atomic E-state index is 12.1. The minimum atomic E-state index is -4.67. The van der Waals surface area contributed by atoms with Crippen LogP contribution in [-0.2, 0) is 6.54 Å². The van der Waals surface area contributed by atoms with Crippen LogP contribution in [0.4, 0.5) is 18.9 Å². The summed E-state index contributed by atoms with van der Waals surface area (Å²) in [6.07, 6.45) is -4.67. The molecule has 112 valence electrons. The summed E-state index contributed by atoms with van der Waals surface area (Å²) >= 11 is 6.86. The summed E-state index contributed by atoms with van der Waals surface area (Å²) in [6.45, 7) is 0.480. The van der Waals surface area contributed by atoms with Crippen molar-refractivity contribution in [2.75, 3.05) is 5.32 Å². The fraction of sp³-hybridized carbons (Fsp3) is 0.143. The highest BCUT2D eigenvalue weighted by atomic mass is 79.9. The van der Waals surface area contributed by atoms with E-state index in [1.165, 1.54) is 12.1 Å². The molecule has 0 aliphatic carbocycles. The topological polar surface area (TPSA) is 21.3 Å². The van der Waals surface area contributed by atoms with Crippen molar-refractivity contribution >= 4 is 37.5 Å². The van der Waals surface area contributed by atoms with Crippen LogP contribution in [-0.4, -0.2) is 6.36 Å². The van der Waals surface area contributed by atoms with Crippen molar-refractivity contribution in [3.05, 3.63) is 57.0 Å². The second-order valence-electron chi connectivity index (χ2n) is 4.14. The number of anilines is 1. The summed E-state index contributed by atoms with van der Waals surface area (Å²) in [6, 6.07) is 11.4. The third-order valence-electron chi connectivity index (χ3n) is 2.59. The van der Waals surface area contributed by atoms with Crippen LogP contribution in [0.25, 0.3) is 0 Å². The van der Waals surface area contributed by atoms with Crippen molar-refractivity contribution in [1.82, 2.24) is 0 Å². The first-order valence-electron chi connectivity index (χ1n) is 5.88. The van der Waals surface area contributed by atoms with Crippen LogP contribution in [0.1, 0.15) is 5.56 Å². The van der Waals surface area contributed by atoms with E-state index < -0.39 is 6.36 Å². The number of alkyl halides is 3. The van der Waals surface area contributed by atoms with Gasteiger partial charge >= 0.3 is 6.36 Å². The van der Waals surface area contributed by atoms with Crippen molar-refractivity contribution in [3.63, 3.8) is 0 Å². The van der Waals surface area contributed by atoms with E-state index in [-0.39, 0.29) is 5.75 Å². The quantitative estimate of drug-likeness (QED) is 0.677. The molecule has 0 aliphatic heterocycles. The highest BCUT2D eigenvalue weighted by molar-refractivity contribution is 9.11. The van der Waals surface area contributed by atoms with Crippen LogP contribution in [0, 0.1) is 0 Å². The number of nitrogens with one attached hydrogen (secondary N) is 1. The summed E-state index contributed by atoms with van der Waals surface area (Å²) in [5.41, 5.74) is 1.72. The van der Waals surface area contributed by atoms with Crippen LogP contribution < -0.4 is 10.1 Å². The van der Waals surface area contributed by atoms with Gasteiger partial charge in [-0.3, -0.25) is 0 Å². The minimum absolute atomic E-state index is 0.228. The molecule has 0 unspecified atom stereocenters. The first-order chi connectivity index (χ1) is 9.85. The van der Waals surface area contributed by atoms with Crippen LogP contribution in [0.5, 0.6) is 5.75 Å². The molecule has 2 aromatic carbocycles. The number of halogens is 5. The van der Waals surface area contributed by atoms with E-state index in [0.717, 1.165) is 20.2 Å². The summed E-state index contributed by atoms with van der Waals surface area (Å²) < 4.78 is 41.8. The maximum absolute atomic E-state index is 12.1. The highest BCUT2D eigenvalue weighted by Crippen LogP contribution is 2.31. The Morgan fingerprint density at radius 2 is 1.52 bits per heavy atom. The molecule has 0 fully saturated rings. The van der Waals surface area contributed by atoms with E-state index >= 15 is 0 Å². The van der Waals surface area contributed by atoms with Crippen molar-refractivity contribution in [1.29, 1.82) is 0 Å². The fourth-order valence-electron chi connectivity index (χ4n) is 1.67. The Bertz CT molecular complexity index is 594. The molecule has 2 aromatic rings. The van der Waals surface area contributed by atoms with E-state index in [1.807, 2.05) is 18.2 Å². The molecule has 7 heteroatoms. The Morgan fingerprint density at radius 3 is 2.05 bits per heavy atom. The second kappa shape index (κ2) is 6.70. The summed E-state index contributed by atoms with van der Waals surface area (Å²) in [5, 5.41) is 3.21. The van der Waals surface area contributed by atoms with Crippen LogP contribution >= 0.6 is 31.9 Å². The molecule has 0 radical (unpaired) electrons. The van der Waals surface area contributed by atoms with Crippen LogP contribution in [0.3, 0.4) is 0 Å². The Balaban J connectivity index is 2.01. The average Bonchev–Trinajstić information content (AvgIpc) is 2.38. The van der Waals surface area contributed by atoms with Gasteiger partial charge in [-0.15, -0.1) is 13.2 Å². The van der Waals surface area contributed by atoms with Gasteiger partial charge in [0.1, 0.15) is 5.75 Å². The number of para-hydroxylation sites is 1. The van der Waals surface area contributed by atoms with E-state index in [0.29, 0.717) is 6.54 Å². The molecule has 0 atom stereocenters. The lowest BCUT2D eigenvalue weighted by Gasteiger charge is -2.12. The van der Waals surface area contributed by atoms with Gasteiger partial charge < -0.3 is 10.1 Å². The molecule has 0 amide bonds. The Kier molecular flexibility index (Phi) is 5.16. The largest absolute Gasteiger partial charge is 0.573 e. The summed E-state index contributed by atoms with van der Waals surface area (Å²) in [5.74, 6) is -0.228. The maximum Gasteiger partial charge on any atom is 0.573 e. The predicted molar refractivity (Wildman–Crippen MR) is 82.3 cm³/mol. The molecule has 0 saturated carbocycles. The molecule has 0 bridgehead atoms. The molecule has 0 aromatic heterocycles. The Labute approximate surface area is 136 Å². The van der Waals surface area contributed by atoms with Crippen molar-refractivity contribution in [2.24, 2.45) is 0 Å². The number of rotatable bonds is 4. The van der Waals surface area contributed by atoms with Gasteiger partial charge in [-0.25, -0.2) is 0 Å². The number of benzene rings is 2. The first kappa shape index (κ1) is 16.2. The third-order valence-corrected chi connectivity index (χ3v) is 3.91. The normalized spacial score (nSPS) is 11.3. The standard InChI is InChI=1S/C14H10Br2F3NO/c15-11-2-1-3-12(16)13(11)20-8-9-4-6-10(7-5-9)21-14(17,18)19/h1-7,20H,8H2. The first-order valence-corrected chi connectivity index (χ1v) is 7.46. The molecule has 0 saturated heterocycles. The molecular weight excluding hydrogens is 415 g/mol. The molecule has 21 heavy (non-hydrogen) atoms. The molecule has 0 aliphatic rings. The molecule has 0 heterocycles. The average molecular weight is 425 g/mol. The van der Waals surface area contributed by atoms with Crippen molar-refractivity contribution in [3.8, 4) is 5.75 Å². The molecule has 1 N–H and O–H groups in total. The molecule has 2 nitrogen and oxygen atoms in total. The van der Waals surface area contributed by atoms with Crippen molar-refractivity contribution < 1.29 is 17.9 Å². The number of hydrogen-bond acceptors (Lipinski definition) is 2. The third kappa shape index (κ3) is 4.93. The van der Waals surface area contributed by atoms with Crippen molar-refractivity contribution in [2.45, 2.75) is 12.9 Å². The van der Waals surface area contributed by atoms with Crippen LogP contribution in [0.2, 0.25) is 0 Å². The Morgan fingerprint density at radius 1 is 0.952 bits per heavy atom. The minimum Gasteiger partial charge on any atom is -0.406 e. The summed E-state index contributed by atoms with van der Waals surface area (Å²) in [4.78, 5) is 0. The smallest absolute Gasteiger partial charge is 0.406 e. The zero-order valence-electron chi connectivity index (χ0n) is 10.5. The van der Waals surface area contributed by atoms with Gasteiger partial charge in [-0.2, -0.15) is 0 Å². The zero-order valence-corrected chi connectivity index (χ0v) is 13.7. The monoisotopic (exact) mass is 423 g/mol. The predicted octanol–water partition coefficient (Wildman–Crippen LogP) is 5.72. The SMILES string of the molecule is FC(F)(F)Oc1ccc(CNc2c(Br)cccc2Br)cc1.